The number of dihydropyridines is 1. The van der Waals surface area contributed by atoms with Gasteiger partial charge < -0.3 is 5.11 Å². The van der Waals surface area contributed by atoms with Crippen LogP contribution in [0.5, 0.6) is 0 Å². The first kappa shape index (κ1) is 12.0. The van der Waals surface area contributed by atoms with E-state index in [2.05, 4.69) is 4.99 Å². The number of carboxylic acids is 1. The molecule has 1 unspecified atom stereocenters. The number of nitrogens with zero attached hydrogens (tertiary/aromatic N) is 3. The number of carbonyl (C=O) groups is 4. The molecule has 0 bridgehead atoms. The smallest absolute Gasteiger partial charge is 0.333 e. The van der Waals surface area contributed by atoms with Crippen molar-refractivity contribution >= 4 is 29.7 Å². The van der Waals surface area contributed by atoms with Gasteiger partial charge >= 0.3 is 12.0 Å². The molecule has 0 radical (unpaired) electrons. The van der Waals surface area contributed by atoms with Gasteiger partial charge in [-0.1, -0.05) is 0 Å². The summed E-state index contributed by atoms with van der Waals surface area (Å²) in [5.74, 6) is -4.25. The van der Waals surface area contributed by atoms with Crippen LogP contribution in [0.4, 0.5) is 4.79 Å². The van der Waals surface area contributed by atoms with Crippen LogP contribution in [0.25, 0.3) is 0 Å². The summed E-state index contributed by atoms with van der Waals surface area (Å²) in [6.07, 6.45) is 0.797. The zero-order chi connectivity index (χ0) is 13.6. The third kappa shape index (κ3) is 1.50. The molecule has 1 saturated heterocycles. The van der Waals surface area contributed by atoms with Crippen molar-refractivity contribution in [1.82, 2.24) is 9.80 Å². The molecule has 1 N–H and O–H groups in total. The average molecular weight is 251 g/mol. The fraction of sp³-hybridized carbons (Fsp3) is 0.300. The molecule has 1 atom stereocenters. The lowest BCUT2D eigenvalue weighted by Crippen LogP contribution is -2.58. The molecule has 2 aliphatic heterocycles. The van der Waals surface area contributed by atoms with Crippen LogP contribution in [0, 0.1) is 5.92 Å². The Morgan fingerprint density at radius 1 is 1.28 bits per heavy atom. The van der Waals surface area contributed by atoms with Gasteiger partial charge in [-0.05, 0) is 0 Å². The van der Waals surface area contributed by atoms with Gasteiger partial charge in [0.15, 0.2) is 0 Å². The second kappa shape index (κ2) is 3.76. The van der Waals surface area contributed by atoms with Crippen LogP contribution in [0.3, 0.4) is 0 Å². The molecule has 8 heteroatoms. The summed E-state index contributed by atoms with van der Waals surface area (Å²) in [5, 5.41) is 9.00. The molecule has 4 amide bonds. The Kier molecular flexibility index (Phi) is 2.50. The van der Waals surface area contributed by atoms with Crippen molar-refractivity contribution in [1.29, 1.82) is 0 Å². The molecule has 2 aliphatic rings. The summed E-state index contributed by atoms with van der Waals surface area (Å²) in [6, 6.07) is -0.658. The Bertz CT molecular complexity index is 548. The van der Waals surface area contributed by atoms with E-state index in [1.54, 1.807) is 0 Å². The van der Waals surface area contributed by atoms with Gasteiger partial charge in [0.25, 0.3) is 5.91 Å². The highest BCUT2D eigenvalue weighted by atomic mass is 16.4. The SMILES string of the molecule is CN1C(=O)C2C(C(=O)O)=CC(=O)N=C2N(C)C1=O. The lowest BCUT2D eigenvalue weighted by molar-refractivity contribution is -0.137. The summed E-state index contributed by atoms with van der Waals surface area (Å²) in [5.41, 5.74) is -0.374. The molecular weight excluding hydrogens is 242 g/mol. The highest BCUT2D eigenvalue weighted by Gasteiger charge is 2.46. The van der Waals surface area contributed by atoms with Crippen LogP contribution >= 0.6 is 0 Å². The van der Waals surface area contributed by atoms with Crippen molar-refractivity contribution in [2.75, 3.05) is 14.1 Å². The number of amides is 4. The van der Waals surface area contributed by atoms with Gasteiger partial charge in [0, 0.05) is 20.2 Å². The van der Waals surface area contributed by atoms with E-state index in [0.717, 1.165) is 15.9 Å². The summed E-state index contributed by atoms with van der Waals surface area (Å²) in [7, 11) is 2.57. The molecule has 2 rings (SSSR count). The second-order valence-electron chi connectivity index (χ2n) is 3.88. The Morgan fingerprint density at radius 3 is 2.44 bits per heavy atom. The van der Waals surface area contributed by atoms with Crippen molar-refractivity contribution in [2.45, 2.75) is 0 Å². The molecular formula is C10H9N3O5. The molecule has 0 spiro atoms. The number of carbonyl (C=O) groups excluding carboxylic acids is 3. The number of carboxylic acid groups (broad SMARTS) is 1. The van der Waals surface area contributed by atoms with Crippen LogP contribution in [0.2, 0.25) is 0 Å². The van der Waals surface area contributed by atoms with Gasteiger partial charge in [-0.3, -0.25) is 19.4 Å². The summed E-state index contributed by atoms with van der Waals surface area (Å²) in [4.78, 5) is 51.2. The van der Waals surface area contributed by atoms with E-state index in [1.807, 2.05) is 0 Å². The zero-order valence-electron chi connectivity index (χ0n) is 9.58. The number of urea groups is 1. The Balaban J connectivity index is 2.57. The fourth-order valence-corrected chi connectivity index (χ4v) is 1.87. The minimum absolute atomic E-state index is 0.145. The van der Waals surface area contributed by atoms with Crippen molar-refractivity contribution in [3.05, 3.63) is 11.6 Å². The molecule has 0 aromatic rings. The second-order valence-corrected chi connectivity index (χ2v) is 3.88. The molecule has 0 aromatic carbocycles. The highest BCUT2D eigenvalue weighted by molar-refractivity contribution is 6.26. The number of aliphatic carboxylic acids is 1. The van der Waals surface area contributed by atoms with Gasteiger partial charge in [0.2, 0.25) is 5.91 Å². The minimum Gasteiger partial charge on any atom is -0.478 e. The van der Waals surface area contributed by atoms with Gasteiger partial charge in [-0.15, -0.1) is 0 Å². The van der Waals surface area contributed by atoms with Crippen molar-refractivity contribution in [3.63, 3.8) is 0 Å². The third-order valence-corrected chi connectivity index (χ3v) is 2.81. The summed E-state index contributed by atoms with van der Waals surface area (Å²) in [6.45, 7) is 0. The number of rotatable bonds is 1. The van der Waals surface area contributed by atoms with Crippen LogP contribution in [-0.2, 0) is 14.4 Å². The number of imide groups is 1. The predicted octanol–water partition coefficient (Wildman–Crippen LogP) is -0.924. The molecule has 0 aromatic heterocycles. The summed E-state index contributed by atoms with van der Waals surface area (Å²) < 4.78 is 0. The molecule has 0 saturated carbocycles. The number of hydrogen-bond donors (Lipinski definition) is 1. The Hall–Kier alpha value is -2.51. The minimum atomic E-state index is -1.38. The van der Waals surface area contributed by atoms with E-state index < -0.39 is 29.7 Å². The van der Waals surface area contributed by atoms with Gasteiger partial charge in [-0.25, -0.2) is 9.59 Å². The summed E-state index contributed by atoms with van der Waals surface area (Å²) >= 11 is 0. The number of aliphatic imine (C=N–C) groups is 1. The van der Waals surface area contributed by atoms with E-state index >= 15 is 0 Å². The highest BCUT2D eigenvalue weighted by Crippen LogP contribution is 2.26. The monoisotopic (exact) mass is 251 g/mol. The van der Waals surface area contributed by atoms with Crippen molar-refractivity contribution < 1.29 is 24.3 Å². The average Bonchev–Trinajstić information content (AvgIpc) is 2.32. The van der Waals surface area contributed by atoms with Gasteiger partial charge in [-0.2, -0.15) is 4.99 Å². The normalized spacial score (nSPS) is 23.7. The maximum Gasteiger partial charge on any atom is 0.333 e. The standard InChI is InChI=1S/C10H9N3O5/c1-12-7-6(8(15)13(2)10(12)18)4(9(16)17)3-5(14)11-7/h3,6H,1-2H3,(H,16,17). The maximum atomic E-state index is 11.9. The van der Waals surface area contributed by atoms with Crippen LogP contribution in [0.15, 0.2) is 16.6 Å². The Labute approximate surface area is 101 Å². The molecule has 2 heterocycles. The Morgan fingerprint density at radius 2 is 1.89 bits per heavy atom. The van der Waals surface area contributed by atoms with Crippen molar-refractivity contribution in [3.8, 4) is 0 Å². The van der Waals surface area contributed by atoms with Crippen LogP contribution in [0.1, 0.15) is 0 Å². The van der Waals surface area contributed by atoms with E-state index in [9.17, 15) is 19.2 Å². The van der Waals surface area contributed by atoms with Crippen LogP contribution < -0.4 is 0 Å². The van der Waals surface area contributed by atoms with E-state index in [1.165, 1.54) is 14.1 Å². The first-order valence-corrected chi connectivity index (χ1v) is 4.97. The first-order valence-electron chi connectivity index (χ1n) is 4.97. The first-order chi connectivity index (χ1) is 8.34. The molecule has 8 nitrogen and oxygen atoms in total. The maximum absolute atomic E-state index is 11.9. The van der Waals surface area contributed by atoms with E-state index in [0.29, 0.717) is 0 Å². The van der Waals surface area contributed by atoms with E-state index in [-0.39, 0.29) is 11.4 Å². The number of amidine groups is 1. The lowest BCUT2D eigenvalue weighted by Gasteiger charge is -2.36. The predicted molar refractivity (Wildman–Crippen MR) is 57.6 cm³/mol. The molecule has 0 aliphatic carbocycles. The molecule has 94 valence electrons. The van der Waals surface area contributed by atoms with Crippen LogP contribution in [-0.4, -0.2) is 58.7 Å². The zero-order valence-corrected chi connectivity index (χ0v) is 9.58. The van der Waals surface area contributed by atoms with Gasteiger partial charge in [0.1, 0.15) is 11.8 Å². The van der Waals surface area contributed by atoms with Gasteiger partial charge in [0.05, 0.1) is 5.57 Å². The van der Waals surface area contributed by atoms with E-state index in [4.69, 9.17) is 5.11 Å². The third-order valence-electron chi connectivity index (χ3n) is 2.81. The number of hydrogen-bond acceptors (Lipinski definition) is 4. The quantitative estimate of drug-likeness (QED) is 0.648. The fourth-order valence-electron chi connectivity index (χ4n) is 1.87. The number of fused-ring (bicyclic) bond motifs is 1. The molecule has 1 fully saturated rings. The van der Waals surface area contributed by atoms with Crippen molar-refractivity contribution in [2.24, 2.45) is 10.9 Å². The molecule has 18 heavy (non-hydrogen) atoms. The topological polar surface area (TPSA) is 107 Å². The largest absolute Gasteiger partial charge is 0.478 e. The lowest BCUT2D eigenvalue weighted by atomic mass is 9.91.